The average molecular weight is 420 g/mol. The van der Waals surface area contributed by atoms with Gasteiger partial charge in [0.2, 0.25) is 0 Å². The molecule has 0 saturated heterocycles. The molecule has 0 unspecified atom stereocenters. The van der Waals surface area contributed by atoms with Crippen molar-refractivity contribution >= 4 is 23.8 Å². The van der Waals surface area contributed by atoms with E-state index in [9.17, 15) is 0 Å². The molecule has 3 rings (SSSR count). The van der Waals surface area contributed by atoms with Crippen LogP contribution >= 0.6 is 7.92 Å². The largest absolute Gasteiger partial charge is 0.310 e. The van der Waals surface area contributed by atoms with E-state index >= 15 is 0 Å². The van der Waals surface area contributed by atoms with Gasteiger partial charge in [0.05, 0.1) is 0 Å². The second-order valence-corrected chi connectivity index (χ2v) is 9.99. The summed E-state index contributed by atoms with van der Waals surface area (Å²) in [5, 5.41) is 4.35. The minimum absolute atomic E-state index is 0.447. The maximum atomic E-state index is 2.56. The lowest BCUT2D eigenvalue weighted by Gasteiger charge is -2.36. The monoisotopic (exact) mass is 419 g/mol. The molecule has 0 heterocycles. The molecule has 0 amide bonds. The van der Waals surface area contributed by atoms with Gasteiger partial charge in [-0.25, -0.2) is 6.07 Å². The zero-order chi connectivity index (χ0) is 21.3. The minimum Gasteiger partial charge on any atom is -0.310 e. The van der Waals surface area contributed by atoms with Gasteiger partial charge in [0.1, 0.15) is 0 Å². The predicted octanol–water partition coefficient (Wildman–Crippen LogP) is 4.89. The fourth-order valence-electron chi connectivity index (χ4n) is 4.26. The Kier molecular flexibility index (Phi) is 8.75. The first-order valence-electron chi connectivity index (χ1n) is 11.3. The van der Waals surface area contributed by atoms with Crippen molar-refractivity contribution in [3.05, 3.63) is 84.4 Å². The number of benzene rings is 2. The summed E-state index contributed by atoms with van der Waals surface area (Å²) in [6, 6.07) is 29.5. The van der Waals surface area contributed by atoms with Crippen LogP contribution < -0.4 is 15.9 Å². The van der Waals surface area contributed by atoms with Crippen LogP contribution in [-0.2, 0) is 0 Å². The van der Waals surface area contributed by atoms with Gasteiger partial charge in [-0.2, -0.15) is 17.7 Å². The highest BCUT2D eigenvalue weighted by Gasteiger charge is 2.20. The lowest BCUT2D eigenvalue weighted by Crippen LogP contribution is -2.36. The maximum absolute atomic E-state index is 2.56. The second kappa shape index (κ2) is 11.5. The third-order valence-corrected chi connectivity index (χ3v) is 8.55. The van der Waals surface area contributed by atoms with E-state index in [1.165, 1.54) is 21.5 Å². The molecule has 0 spiro atoms. The Morgan fingerprint density at radius 3 is 1.87 bits per heavy atom. The van der Waals surface area contributed by atoms with E-state index in [1.54, 1.807) is 0 Å². The summed E-state index contributed by atoms with van der Waals surface area (Å²) in [4.78, 5) is 5.07. The van der Waals surface area contributed by atoms with Gasteiger partial charge in [0, 0.05) is 13.1 Å². The first-order valence-corrected chi connectivity index (χ1v) is 12.6. The third-order valence-electron chi connectivity index (χ3n) is 6.04. The van der Waals surface area contributed by atoms with Crippen molar-refractivity contribution in [3.63, 3.8) is 0 Å². The molecule has 3 aromatic rings. The Labute approximate surface area is 184 Å². The van der Waals surface area contributed by atoms with E-state index < -0.39 is 7.92 Å². The predicted molar refractivity (Wildman–Crippen MR) is 134 cm³/mol. The molecule has 3 aromatic carbocycles. The van der Waals surface area contributed by atoms with Crippen LogP contribution in [0.2, 0.25) is 0 Å². The van der Waals surface area contributed by atoms with Gasteiger partial charge < -0.3 is 9.80 Å². The summed E-state index contributed by atoms with van der Waals surface area (Å²) in [6.45, 7) is 11.3. The molecule has 2 nitrogen and oxygen atoms in total. The van der Waals surface area contributed by atoms with Crippen molar-refractivity contribution in [3.8, 4) is 0 Å². The quantitative estimate of drug-likeness (QED) is 0.323. The minimum atomic E-state index is -0.558. The Hall–Kier alpha value is -1.86. The molecular formula is C27H36N2P-. The SMILES string of the molecule is CC[C@@H](c1cc[cH-]c1P(c1ccccc1)c1ccccc1)N(C)CCN(CC)CC. The van der Waals surface area contributed by atoms with Crippen molar-refractivity contribution in [1.29, 1.82) is 0 Å². The number of hydrogen-bond donors (Lipinski definition) is 0. The Morgan fingerprint density at radius 1 is 0.800 bits per heavy atom. The normalized spacial score (nSPS) is 12.8. The highest BCUT2D eigenvalue weighted by molar-refractivity contribution is 7.79. The van der Waals surface area contributed by atoms with Crippen LogP contribution in [0.4, 0.5) is 0 Å². The molecule has 0 N–H and O–H groups in total. The summed E-state index contributed by atoms with van der Waals surface area (Å²) in [5.41, 5.74) is 1.50. The van der Waals surface area contributed by atoms with Crippen molar-refractivity contribution in [2.75, 3.05) is 33.2 Å². The molecule has 1 atom stereocenters. The zero-order valence-electron chi connectivity index (χ0n) is 19.0. The van der Waals surface area contributed by atoms with Gasteiger partial charge in [-0.15, -0.1) is 5.30 Å². The van der Waals surface area contributed by atoms with Crippen molar-refractivity contribution in [1.82, 2.24) is 9.80 Å². The van der Waals surface area contributed by atoms with Gasteiger partial charge in [0.25, 0.3) is 0 Å². The summed E-state index contributed by atoms with van der Waals surface area (Å²) in [7, 11) is 1.74. The van der Waals surface area contributed by atoms with Gasteiger partial charge in [-0.05, 0) is 51.1 Å². The fourth-order valence-corrected chi connectivity index (χ4v) is 6.77. The van der Waals surface area contributed by atoms with Crippen LogP contribution in [0, 0.1) is 0 Å². The highest BCUT2D eigenvalue weighted by Crippen LogP contribution is 2.37. The fraction of sp³-hybridized carbons (Fsp3) is 0.370. The number of rotatable bonds is 11. The molecule has 0 aliphatic carbocycles. The first kappa shape index (κ1) is 22.8. The van der Waals surface area contributed by atoms with E-state index in [0.29, 0.717) is 6.04 Å². The van der Waals surface area contributed by atoms with Gasteiger partial charge in [0.15, 0.2) is 0 Å². The molecule has 0 fully saturated rings. The molecule has 0 bridgehead atoms. The summed E-state index contributed by atoms with van der Waals surface area (Å²) >= 11 is 0. The first-order chi connectivity index (χ1) is 14.7. The zero-order valence-corrected chi connectivity index (χ0v) is 19.9. The van der Waals surface area contributed by atoms with Crippen molar-refractivity contribution < 1.29 is 0 Å². The van der Waals surface area contributed by atoms with Crippen LogP contribution in [-0.4, -0.2) is 43.0 Å². The number of hydrogen-bond acceptors (Lipinski definition) is 2. The second-order valence-electron chi connectivity index (χ2n) is 7.80. The van der Waals surface area contributed by atoms with Crippen LogP contribution in [0.1, 0.15) is 38.8 Å². The van der Waals surface area contributed by atoms with E-state index in [1.807, 2.05) is 0 Å². The molecule has 0 aliphatic rings. The molecule has 30 heavy (non-hydrogen) atoms. The number of nitrogens with zero attached hydrogens (tertiary/aromatic N) is 2. The summed E-state index contributed by atoms with van der Waals surface area (Å²) in [5.74, 6) is 0. The maximum Gasteiger partial charge on any atom is 0.0109 e. The molecule has 0 saturated carbocycles. The molecule has 160 valence electrons. The highest BCUT2D eigenvalue weighted by atomic mass is 31.1. The molecular weight excluding hydrogens is 383 g/mol. The molecule has 3 heteroatoms. The third kappa shape index (κ3) is 5.43. The standard InChI is InChI=1S/C27H36N2P/c1-5-26(28(4)21-22-29(6-2)7-3)25-19-14-20-27(25)30(23-15-10-8-11-16-23)24-17-12-9-13-18-24/h8-20,26H,5-7,21-22H2,1-4H3/q-1/t26-/m0/s1. The van der Waals surface area contributed by atoms with Gasteiger partial charge in [-0.1, -0.05) is 81.4 Å². The molecule has 0 aromatic heterocycles. The lowest BCUT2D eigenvalue weighted by molar-refractivity contribution is 0.194. The Balaban J connectivity index is 1.94. The van der Waals surface area contributed by atoms with E-state index in [4.69, 9.17) is 0 Å². The Morgan fingerprint density at radius 2 is 1.37 bits per heavy atom. The van der Waals surface area contributed by atoms with Crippen LogP contribution in [0.25, 0.3) is 0 Å². The van der Waals surface area contributed by atoms with Crippen LogP contribution in [0.15, 0.2) is 78.9 Å². The summed E-state index contributed by atoms with van der Waals surface area (Å²) < 4.78 is 0. The topological polar surface area (TPSA) is 6.48 Å². The summed E-state index contributed by atoms with van der Waals surface area (Å²) in [6.07, 6.45) is 1.12. The number of likely N-dealkylation sites (N-methyl/N-ethyl adjacent to an activating group) is 2. The van der Waals surface area contributed by atoms with Crippen LogP contribution in [0.3, 0.4) is 0 Å². The molecule has 0 radical (unpaired) electrons. The van der Waals surface area contributed by atoms with E-state index in [-0.39, 0.29) is 0 Å². The van der Waals surface area contributed by atoms with E-state index in [2.05, 4.69) is 116 Å². The van der Waals surface area contributed by atoms with Gasteiger partial charge in [-0.3, -0.25) is 0 Å². The van der Waals surface area contributed by atoms with Crippen molar-refractivity contribution in [2.45, 2.75) is 33.2 Å². The molecule has 0 aliphatic heterocycles. The van der Waals surface area contributed by atoms with Crippen molar-refractivity contribution in [2.24, 2.45) is 0 Å². The van der Waals surface area contributed by atoms with Crippen LogP contribution in [0.5, 0.6) is 0 Å². The average Bonchev–Trinajstić information content (AvgIpc) is 3.25. The van der Waals surface area contributed by atoms with Gasteiger partial charge >= 0.3 is 0 Å². The lowest BCUT2D eigenvalue weighted by atomic mass is 10.1. The Bertz CT molecular complexity index is 815. The van der Waals surface area contributed by atoms with E-state index in [0.717, 1.165) is 32.6 Å². The smallest absolute Gasteiger partial charge is 0.0109 e.